The Balaban J connectivity index is 1.53. The fourth-order valence-corrected chi connectivity index (χ4v) is 7.81. The van der Waals surface area contributed by atoms with Crippen molar-refractivity contribution in [1.29, 1.82) is 0 Å². The minimum Gasteiger partial charge on any atom is -0.390 e. The van der Waals surface area contributed by atoms with Crippen LogP contribution in [0.3, 0.4) is 0 Å². The van der Waals surface area contributed by atoms with E-state index in [1.807, 2.05) is 6.92 Å². The molecule has 0 aliphatic heterocycles. The Morgan fingerprint density at radius 3 is 2.44 bits per heavy atom. The van der Waals surface area contributed by atoms with Crippen LogP contribution in [-0.2, 0) is 0 Å². The average Bonchev–Trinajstić information content (AvgIpc) is 3.09. The first-order chi connectivity index (χ1) is 14.8. The number of allylic oxidation sites excluding steroid dienone is 4. The van der Waals surface area contributed by atoms with Gasteiger partial charge in [-0.3, -0.25) is 0 Å². The molecule has 0 aromatic rings. The quantitative estimate of drug-likeness (QED) is 0.464. The van der Waals surface area contributed by atoms with Gasteiger partial charge < -0.3 is 10.2 Å². The van der Waals surface area contributed by atoms with E-state index in [4.69, 9.17) is 0 Å². The molecule has 8 atom stereocenters. The lowest BCUT2D eigenvalue weighted by Gasteiger charge is -2.59. The third kappa shape index (κ3) is 3.81. The van der Waals surface area contributed by atoms with Crippen molar-refractivity contribution in [2.24, 2.45) is 34.5 Å². The lowest BCUT2D eigenvalue weighted by molar-refractivity contribution is -0.187. The first kappa shape index (κ1) is 24.1. The van der Waals surface area contributed by atoms with Gasteiger partial charge in [-0.2, -0.15) is 13.2 Å². The van der Waals surface area contributed by atoms with E-state index >= 15 is 0 Å². The molecule has 4 aliphatic carbocycles. The smallest absolute Gasteiger partial charge is 0.390 e. The molecule has 5 heteroatoms. The second kappa shape index (κ2) is 8.01. The standard InChI is InChI=1S/C27H39F3O2/c1-5-26(32)15-14-24(3)18(16-26)7-8-19-21-10-9-20(25(21,4)13-12-22(19)24)17(2)6-11-23(31)27(28,29)30/h6-7,9,11,17,19,21-23,31-32H,5,8,10,12-16H2,1-4H3/b11-6+/t17-,19+,21?,22?,23-,24+,25-,26+/m1/s1. The van der Waals surface area contributed by atoms with E-state index in [0.29, 0.717) is 17.8 Å². The highest BCUT2D eigenvalue weighted by Crippen LogP contribution is 2.66. The van der Waals surface area contributed by atoms with Gasteiger partial charge in [0.2, 0.25) is 0 Å². The maximum Gasteiger partial charge on any atom is 0.417 e. The number of hydrogen-bond acceptors (Lipinski definition) is 2. The van der Waals surface area contributed by atoms with E-state index in [1.54, 1.807) is 0 Å². The molecular formula is C27H39F3O2. The zero-order valence-electron chi connectivity index (χ0n) is 19.9. The van der Waals surface area contributed by atoms with Gasteiger partial charge in [-0.25, -0.2) is 0 Å². The van der Waals surface area contributed by atoms with E-state index in [9.17, 15) is 23.4 Å². The molecule has 0 heterocycles. The van der Waals surface area contributed by atoms with Crippen LogP contribution in [0.1, 0.15) is 79.1 Å². The van der Waals surface area contributed by atoms with E-state index < -0.39 is 17.9 Å². The molecule has 0 amide bonds. The van der Waals surface area contributed by atoms with Crippen LogP contribution in [0.15, 0.2) is 35.5 Å². The summed E-state index contributed by atoms with van der Waals surface area (Å²) >= 11 is 0. The number of aliphatic hydroxyl groups is 2. The van der Waals surface area contributed by atoms with Crippen LogP contribution in [0.5, 0.6) is 0 Å². The molecule has 0 radical (unpaired) electrons. The van der Waals surface area contributed by atoms with Crippen LogP contribution in [0.2, 0.25) is 0 Å². The molecule has 32 heavy (non-hydrogen) atoms. The van der Waals surface area contributed by atoms with Crippen molar-refractivity contribution in [2.75, 3.05) is 0 Å². The maximum absolute atomic E-state index is 12.7. The van der Waals surface area contributed by atoms with Gasteiger partial charge in [0.15, 0.2) is 6.10 Å². The predicted molar refractivity (Wildman–Crippen MR) is 121 cm³/mol. The number of hydrogen-bond donors (Lipinski definition) is 2. The summed E-state index contributed by atoms with van der Waals surface area (Å²) < 4.78 is 38.1. The molecule has 2 N–H and O–H groups in total. The van der Waals surface area contributed by atoms with Crippen molar-refractivity contribution in [1.82, 2.24) is 0 Å². The molecule has 2 saturated carbocycles. The number of rotatable bonds is 4. The molecule has 0 bridgehead atoms. The molecule has 4 rings (SSSR count). The van der Waals surface area contributed by atoms with Crippen LogP contribution >= 0.6 is 0 Å². The summed E-state index contributed by atoms with van der Waals surface area (Å²) in [6.45, 7) is 8.77. The molecule has 0 aromatic carbocycles. The Hall–Kier alpha value is -1.07. The number of halogens is 3. The second-order valence-electron chi connectivity index (χ2n) is 11.5. The van der Waals surface area contributed by atoms with Gasteiger partial charge in [0, 0.05) is 0 Å². The average molecular weight is 453 g/mol. The van der Waals surface area contributed by atoms with Crippen LogP contribution in [0, 0.1) is 34.5 Å². The number of alkyl halides is 3. The lowest BCUT2D eigenvalue weighted by atomic mass is 9.46. The van der Waals surface area contributed by atoms with Crippen molar-refractivity contribution in [2.45, 2.75) is 96.9 Å². The fraction of sp³-hybridized carbons (Fsp3) is 0.778. The summed E-state index contributed by atoms with van der Waals surface area (Å²) in [6.07, 6.45) is 7.88. The third-order valence-corrected chi connectivity index (χ3v) is 9.96. The lowest BCUT2D eigenvalue weighted by Crippen LogP contribution is -2.51. The predicted octanol–water partition coefficient (Wildman–Crippen LogP) is 6.74. The van der Waals surface area contributed by atoms with Gasteiger partial charge in [-0.1, -0.05) is 63.1 Å². The fourth-order valence-electron chi connectivity index (χ4n) is 7.81. The molecule has 2 unspecified atom stereocenters. The summed E-state index contributed by atoms with van der Waals surface area (Å²) in [7, 11) is 0. The van der Waals surface area contributed by atoms with E-state index in [-0.39, 0.29) is 16.7 Å². The Morgan fingerprint density at radius 1 is 1.06 bits per heavy atom. The summed E-state index contributed by atoms with van der Waals surface area (Å²) in [6, 6.07) is 0. The second-order valence-corrected chi connectivity index (χ2v) is 11.5. The van der Waals surface area contributed by atoms with Crippen LogP contribution in [-0.4, -0.2) is 28.1 Å². The summed E-state index contributed by atoms with van der Waals surface area (Å²) in [5, 5.41) is 20.3. The Kier molecular flexibility index (Phi) is 6.02. The molecule has 0 saturated heterocycles. The van der Waals surface area contributed by atoms with Gasteiger partial charge in [0.1, 0.15) is 0 Å². The SMILES string of the molecule is CC[C@]1(O)CC[C@@]2(C)C(=CC[C@@H]3C2CC[C@]2(C)C([C@H](C)/C=C/[C@@H](O)C(F)(F)F)=CCC32)C1. The summed E-state index contributed by atoms with van der Waals surface area (Å²) in [5.41, 5.74) is 2.33. The van der Waals surface area contributed by atoms with Crippen LogP contribution < -0.4 is 0 Å². The van der Waals surface area contributed by atoms with Gasteiger partial charge in [-0.05, 0) is 85.9 Å². The van der Waals surface area contributed by atoms with Gasteiger partial charge in [-0.15, -0.1) is 0 Å². The summed E-state index contributed by atoms with van der Waals surface area (Å²) in [5.74, 6) is 1.60. The van der Waals surface area contributed by atoms with E-state index in [2.05, 4.69) is 32.9 Å². The third-order valence-electron chi connectivity index (χ3n) is 9.96. The van der Waals surface area contributed by atoms with E-state index in [0.717, 1.165) is 57.4 Å². The topological polar surface area (TPSA) is 40.5 Å². The summed E-state index contributed by atoms with van der Waals surface area (Å²) in [4.78, 5) is 0. The van der Waals surface area contributed by atoms with Gasteiger partial charge >= 0.3 is 6.18 Å². The molecule has 180 valence electrons. The Morgan fingerprint density at radius 2 is 1.78 bits per heavy atom. The highest BCUT2D eigenvalue weighted by Gasteiger charge is 2.57. The van der Waals surface area contributed by atoms with Crippen molar-refractivity contribution < 1.29 is 23.4 Å². The van der Waals surface area contributed by atoms with Crippen LogP contribution in [0.25, 0.3) is 0 Å². The number of aliphatic hydroxyl groups excluding tert-OH is 1. The zero-order chi connectivity index (χ0) is 23.5. The molecule has 0 aromatic heterocycles. The molecule has 0 spiro atoms. The van der Waals surface area contributed by atoms with E-state index in [1.165, 1.54) is 17.2 Å². The van der Waals surface area contributed by atoms with Crippen molar-refractivity contribution in [3.8, 4) is 0 Å². The highest BCUT2D eigenvalue weighted by atomic mass is 19.4. The van der Waals surface area contributed by atoms with Crippen molar-refractivity contribution in [3.63, 3.8) is 0 Å². The zero-order valence-corrected chi connectivity index (χ0v) is 19.9. The minimum atomic E-state index is -4.61. The molecule has 2 nitrogen and oxygen atoms in total. The Bertz CT molecular complexity index is 827. The van der Waals surface area contributed by atoms with Gasteiger partial charge in [0.25, 0.3) is 0 Å². The highest BCUT2D eigenvalue weighted by molar-refractivity contribution is 5.33. The number of fused-ring (bicyclic) bond motifs is 5. The van der Waals surface area contributed by atoms with Crippen molar-refractivity contribution in [3.05, 3.63) is 35.5 Å². The van der Waals surface area contributed by atoms with Crippen molar-refractivity contribution >= 4 is 0 Å². The minimum absolute atomic E-state index is 0.00857. The normalized spacial score (nSPS) is 43.7. The maximum atomic E-state index is 12.7. The molecular weight excluding hydrogens is 413 g/mol. The monoisotopic (exact) mass is 452 g/mol. The first-order valence-corrected chi connectivity index (χ1v) is 12.4. The largest absolute Gasteiger partial charge is 0.417 e. The van der Waals surface area contributed by atoms with Crippen LogP contribution in [0.4, 0.5) is 13.2 Å². The first-order valence-electron chi connectivity index (χ1n) is 12.4. The molecule has 2 fully saturated rings. The Labute approximate surface area is 190 Å². The van der Waals surface area contributed by atoms with Gasteiger partial charge in [0.05, 0.1) is 5.60 Å². The molecule has 4 aliphatic rings.